The van der Waals surface area contributed by atoms with Crippen LogP contribution in [-0.2, 0) is 9.53 Å². The van der Waals surface area contributed by atoms with Gasteiger partial charge in [0.15, 0.2) is 0 Å². The Labute approximate surface area is 173 Å². The average Bonchev–Trinajstić information content (AvgIpc) is 2.73. The van der Waals surface area contributed by atoms with Crippen LogP contribution < -0.4 is 10.2 Å². The van der Waals surface area contributed by atoms with Crippen molar-refractivity contribution in [2.75, 3.05) is 42.8 Å². The van der Waals surface area contributed by atoms with E-state index in [-0.39, 0.29) is 5.57 Å². The van der Waals surface area contributed by atoms with Crippen LogP contribution in [0.15, 0.2) is 52.9 Å². The van der Waals surface area contributed by atoms with Gasteiger partial charge in [-0.3, -0.25) is 4.79 Å². The van der Waals surface area contributed by atoms with Crippen molar-refractivity contribution in [2.24, 2.45) is 0 Å². The van der Waals surface area contributed by atoms with Gasteiger partial charge in [-0.1, -0.05) is 23.7 Å². The summed E-state index contributed by atoms with van der Waals surface area (Å²) in [5.41, 5.74) is 2.27. The molecule has 2 aromatic rings. The number of rotatable bonds is 5. The molecule has 1 aliphatic heterocycles. The van der Waals surface area contributed by atoms with E-state index >= 15 is 0 Å². The number of thioether (sulfide) groups is 1. The Morgan fingerprint density at radius 3 is 2.61 bits per heavy atom. The molecule has 0 spiro atoms. The summed E-state index contributed by atoms with van der Waals surface area (Å²) in [7, 11) is 0. The molecule has 0 bridgehead atoms. The van der Waals surface area contributed by atoms with E-state index in [1.54, 1.807) is 30.0 Å². The van der Waals surface area contributed by atoms with E-state index in [0.29, 0.717) is 23.9 Å². The number of ether oxygens (including phenoxy) is 1. The van der Waals surface area contributed by atoms with Gasteiger partial charge < -0.3 is 15.0 Å². The van der Waals surface area contributed by atoms with Crippen molar-refractivity contribution in [3.63, 3.8) is 0 Å². The number of benzene rings is 2. The largest absolute Gasteiger partial charge is 0.378 e. The molecule has 0 atom stereocenters. The van der Waals surface area contributed by atoms with Crippen molar-refractivity contribution >= 4 is 46.7 Å². The second kappa shape index (κ2) is 9.65. The smallest absolute Gasteiger partial charge is 0.266 e. The van der Waals surface area contributed by atoms with Gasteiger partial charge in [0.05, 0.1) is 24.6 Å². The highest BCUT2D eigenvalue weighted by Crippen LogP contribution is 2.30. The summed E-state index contributed by atoms with van der Waals surface area (Å²) >= 11 is 7.77. The molecule has 2 aromatic carbocycles. The third-order valence-electron chi connectivity index (χ3n) is 4.35. The molecule has 0 aliphatic carbocycles. The molecule has 3 rings (SSSR count). The number of nitrogens with one attached hydrogen (secondary N) is 1. The van der Waals surface area contributed by atoms with Gasteiger partial charge in [-0.05, 0) is 48.2 Å². The van der Waals surface area contributed by atoms with Crippen LogP contribution in [0, 0.1) is 11.3 Å². The fourth-order valence-electron chi connectivity index (χ4n) is 2.89. The molecule has 5 nitrogen and oxygen atoms in total. The van der Waals surface area contributed by atoms with E-state index < -0.39 is 5.91 Å². The number of hydrogen-bond acceptors (Lipinski definition) is 5. The van der Waals surface area contributed by atoms with Gasteiger partial charge in [-0.25, -0.2) is 0 Å². The van der Waals surface area contributed by atoms with Crippen LogP contribution in [0.4, 0.5) is 11.4 Å². The first-order chi connectivity index (χ1) is 13.6. The summed E-state index contributed by atoms with van der Waals surface area (Å²) < 4.78 is 5.40. The number of carbonyl (C=O) groups excluding carboxylic acids is 1. The van der Waals surface area contributed by atoms with Gasteiger partial charge in [0.25, 0.3) is 5.91 Å². The topological polar surface area (TPSA) is 65.4 Å². The zero-order valence-corrected chi connectivity index (χ0v) is 17.0. The summed E-state index contributed by atoms with van der Waals surface area (Å²) in [6.45, 7) is 2.72. The maximum absolute atomic E-state index is 12.7. The number of nitrogens with zero attached hydrogens (tertiary/aromatic N) is 2. The van der Waals surface area contributed by atoms with E-state index in [1.807, 2.05) is 42.7 Å². The monoisotopic (exact) mass is 413 g/mol. The highest BCUT2D eigenvalue weighted by molar-refractivity contribution is 7.98. The second-order valence-electron chi connectivity index (χ2n) is 6.16. The quantitative estimate of drug-likeness (QED) is 0.446. The van der Waals surface area contributed by atoms with Crippen LogP contribution in [0.5, 0.6) is 0 Å². The highest BCUT2D eigenvalue weighted by atomic mass is 35.5. The molecule has 28 heavy (non-hydrogen) atoms. The van der Waals surface area contributed by atoms with Gasteiger partial charge in [0.1, 0.15) is 11.6 Å². The van der Waals surface area contributed by atoms with Crippen molar-refractivity contribution in [1.29, 1.82) is 5.26 Å². The Morgan fingerprint density at radius 1 is 1.25 bits per heavy atom. The molecular formula is C21H20ClN3O2S. The fourth-order valence-corrected chi connectivity index (χ4v) is 3.47. The number of amides is 1. The lowest BCUT2D eigenvalue weighted by Gasteiger charge is -2.30. The first-order valence-electron chi connectivity index (χ1n) is 8.80. The molecule has 1 amide bonds. The number of morpholine rings is 1. The Balaban J connectivity index is 1.83. The van der Waals surface area contributed by atoms with Gasteiger partial charge in [-0.2, -0.15) is 5.26 Å². The zero-order valence-electron chi connectivity index (χ0n) is 15.4. The molecule has 0 aromatic heterocycles. The molecule has 0 radical (unpaired) electrons. The number of nitriles is 1. The van der Waals surface area contributed by atoms with E-state index in [0.717, 1.165) is 29.2 Å². The summed E-state index contributed by atoms with van der Waals surface area (Å²) in [6.07, 6.45) is 3.58. The summed E-state index contributed by atoms with van der Waals surface area (Å²) in [4.78, 5) is 16.0. The third kappa shape index (κ3) is 5.08. The predicted molar refractivity (Wildman–Crippen MR) is 115 cm³/mol. The molecule has 1 saturated heterocycles. The fraction of sp³-hybridized carbons (Fsp3) is 0.238. The van der Waals surface area contributed by atoms with E-state index in [4.69, 9.17) is 16.3 Å². The Hall–Kier alpha value is -2.46. The number of hydrogen-bond donors (Lipinski definition) is 1. The summed E-state index contributed by atoms with van der Waals surface area (Å²) in [6, 6.07) is 15.0. The minimum atomic E-state index is -0.465. The molecular weight excluding hydrogens is 394 g/mol. The normalized spacial score (nSPS) is 14.5. The highest BCUT2D eigenvalue weighted by Gasteiger charge is 2.18. The Bertz CT molecular complexity index is 916. The van der Waals surface area contributed by atoms with E-state index in [1.165, 1.54) is 0 Å². The zero-order chi connectivity index (χ0) is 19.9. The number of halogens is 1. The van der Waals surface area contributed by atoms with Crippen LogP contribution in [0.25, 0.3) is 6.08 Å². The average molecular weight is 414 g/mol. The number of anilines is 2. The molecule has 144 valence electrons. The van der Waals surface area contributed by atoms with Crippen molar-refractivity contribution in [3.05, 3.63) is 58.6 Å². The van der Waals surface area contributed by atoms with Gasteiger partial charge in [0, 0.05) is 23.0 Å². The predicted octanol–water partition coefficient (Wildman–Crippen LogP) is 4.44. The Kier molecular flexibility index (Phi) is 6.99. The lowest BCUT2D eigenvalue weighted by Crippen LogP contribution is -2.36. The SMILES string of the molecule is CSc1ccc(/C=C(\C#N)C(=O)Nc2cc(Cl)ccc2N2CCOCC2)cc1. The molecule has 1 aliphatic rings. The first-order valence-corrected chi connectivity index (χ1v) is 10.4. The van der Waals surface area contributed by atoms with Crippen LogP contribution in [0.2, 0.25) is 5.02 Å². The minimum Gasteiger partial charge on any atom is -0.378 e. The van der Waals surface area contributed by atoms with E-state index in [9.17, 15) is 10.1 Å². The molecule has 0 unspecified atom stereocenters. The summed E-state index contributed by atoms with van der Waals surface area (Å²) in [5, 5.41) is 12.8. The van der Waals surface area contributed by atoms with Crippen molar-refractivity contribution in [2.45, 2.75) is 4.90 Å². The van der Waals surface area contributed by atoms with Crippen molar-refractivity contribution in [1.82, 2.24) is 0 Å². The minimum absolute atomic E-state index is 0.0322. The molecule has 1 N–H and O–H groups in total. The molecule has 1 fully saturated rings. The van der Waals surface area contributed by atoms with Gasteiger partial charge >= 0.3 is 0 Å². The van der Waals surface area contributed by atoms with Gasteiger partial charge in [-0.15, -0.1) is 11.8 Å². The summed E-state index contributed by atoms with van der Waals surface area (Å²) in [5.74, 6) is -0.465. The maximum Gasteiger partial charge on any atom is 0.266 e. The van der Waals surface area contributed by atoms with Crippen LogP contribution in [-0.4, -0.2) is 38.5 Å². The first kappa shape index (κ1) is 20.3. The Morgan fingerprint density at radius 2 is 1.96 bits per heavy atom. The van der Waals surface area contributed by atoms with E-state index in [2.05, 4.69) is 10.2 Å². The lowest BCUT2D eigenvalue weighted by molar-refractivity contribution is -0.112. The molecule has 1 heterocycles. The van der Waals surface area contributed by atoms with Crippen molar-refractivity contribution < 1.29 is 9.53 Å². The second-order valence-corrected chi connectivity index (χ2v) is 7.47. The van der Waals surface area contributed by atoms with Crippen molar-refractivity contribution in [3.8, 4) is 6.07 Å². The number of carbonyl (C=O) groups is 1. The van der Waals surface area contributed by atoms with Crippen LogP contribution in [0.1, 0.15) is 5.56 Å². The maximum atomic E-state index is 12.7. The molecule has 0 saturated carbocycles. The van der Waals surface area contributed by atoms with Crippen LogP contribution >= 0.6 is 23.4 Å². The third-order valence-corrected chi connectivity index (χ3v) is 5.33. The molecule has 7 heteroatoms. The van der Waals surface area contributed by atoms with Gasteiger partial charge in [0.2, 0.25) is 0 Å². The standard InChI is InChI=1S/C21H20ClN3O2S/c1-28-18-5-2-15(3-6-18)12-16(14-23)21(26)24-19-13-17(22)4-7-20(19)25-8-10-27-11-9-25/h2-7,12-13H,8-11H2,1H3,(H,24,26)/b16-12+. The van der Waals surface area contributed by atoms with Crippen LogP contribution in [0.3, 0.4) is 0 Å². The lowest BCUT2D eigenvalue weighted by atomic mass is 10.1.